The molecular formula is C28H26ClN5O3S. The van der Waals surface area contributed by atoms with Crippen LogP contribution in [-0.2, 0) is 11.2 Å². The van der Waals surface area contributed by atoms with Crippen LogP contribution in [0.15, 0.2) is 75.5 Å². The van der Waals surface area contributed by atoms with Crippen molar-refractivity contribution >= 4 is 35.1 Å². The van der Waals surface area contributed by atoms with E-state index in [-0.39, 0.29) is 17.2 Å². The zero-order valence-corrected chi connectivity index (χ0v) is 22.3. The fourth-order valence-electron chi connectivity index (χ4n) is 5.57. The number of oxazole rings is 1. The van der Waals surface area contributed by atoms with E-state index < -0.39 is 5.97 Å². The van der Waals surface area contributed by atoms with Gasteiger partial charge in [-0.15, -0.1) is 0 Å². The van der Waals surface area contributed by atoms with Crippen LogP contribution >= 0.6 is 23.4 Å². The molecule has 1 saturated heterocycles. The van der Waals surface area contributed by atoms with Gasteiger partial charge in [0, 0.05) is 24.0 Å². The molecule has 1 fully saturated rings. The average Bonchev–Trinajstić information content (AvgIpc) is 3.57. The lowest BCUT2D eigenvalue weighted by Gasteiger charge is -2.42. The molecule has 2 aliphatic rings. The summed E-state index contributed by atoms with van der Waals surface area (Å²) < 4.78 is 10.5. The first-order chi connectivity index (χ1) is 18.5. The first-order valence-electron chi connectivity index (χ1n) is 12.4. The van der Waals surface area contributed by atoms with Crippen molar-refractivity contribution in [1.29, 1.82) is 0 Å². The summed E-state index contributed by atoms with van der Waals surface area (Å²) in [6, 6.07) is 14.1. The van der Waals surface area contributed by atoms with E-state index in [1.807, 2.05) is 18.2 Å². The molecule has 194 valence electrons. The Morgan fingerprint density at radius 3 is 2.74 bits per heavy atom. The van der Waals surface area contributed by atoms with Gasteiger partial charge in [0.15, 0.2) is 11.5 Å². The smallest absolute Gasteiger partial charge is 0.360 e. The Morgan fingerprint density at radius 1 is 1.18 bits per heavy atom. The molecule has 4 aromatic rings. The number of halogens is 1. The number of nitrogens with two attached hydrogens (primary N) is 1. The minimum Gasteiger partial charge on any atom is -0.464 e. The highest BCUT2D eigenvalue weighted by molar-refractivity contribution is 7.99. The molecule has 3 heterocycles. The number of nitrogens with zero attached hydrogens (tertiary/aromatic N) is 4. The molecule has 2 N–H and O–H groups in total. The van der Waals surface area contributed by atoms with Crippen molar-refractivity contribution in [2.75, 3.05) is 25.1 Å². The number of ether oxygens (including phenoxy) is 1. The average molecular weight is 548 g/mol. The van der Waals surface area contributed by atoms with Crippen LogP contribution in [0.1, 0.15) is 40.5 Å². The molecule has 1 aliphatic heterocycles. The van der Waals surface area contributed by atoms with Gasteiger partial charge >= 0.3 is 5.97 Å². The highest BCUT2D eigenvalue weighted by atomic mass is 35.5. The first kappa shape index (κ1) is 24.9. The van der Waals surface area contributed by atoms with Gasteiger partial charge in [-0.2, -0.15) is 0 Å². The number of aromatic nitrogens is 3. The van der Waals surface area contributed by atoms with Crippen molar-refractivity contribution < 1.29 is 13.9 Å². The Morgan fingerprint density at radius 2 is 2.00 bits per heavy atom. The lowest BCUT2D eigenvalue weighted by Crippen LogP contribution is -2.45. The molecule has 6 rings (SSSR count). The number of hydrogen-bond acceptors (Lipinski definition) is 9. The number of esters is 1. The number of methoxy groups -OCH3 is 1. The predicted octanol–water partition coefficient (Wildman–Crippen LogP) is 5.57. The van der Waals surface area contributed by atoms with Crippen molar-refractivity contribution in [2.24, 2.45) is 11.1 Å². The topological polar surface area (TPSA) is 107 Å². The van der Waals surface area contributed by atoms with Crippen molar-refractivity contribution in [2.45, 2.75) is 35.2 Å². The molecule has 10 heteroatoms. The lowest BCUT2D eigenvalue weighted by atomic mass is 9.73. The SMILES string of the molecule is COC(=O)c1nc(Sc2cccc(-c3ncco3)c2Cl)cnc1N1CCC2(CC1)Cc1ccccc1[C@H]2N. The van der Waals surface area contributed by atoms with E-state index in [4.69, 9.17) is 26.5 Å². The van der Waals surface area contributed by atoms with E-state index in [0.717, 1.165) is 37.2 Å². The summed E-state index contributed by atoms with van der Waals surface area (Å²) in [4.78, 5) is 29.2. The van der Waals surface area contributed by atoms with Crippen LogP contribution in [0.25, 0.3) is 11.5 Å². The van der Waals surface area contributed by atoms with E-state index in [1.54, 1.807) is 12.4 Å². The van der Waals surface area contributed by atoms with Crippen LogP contribution in [0, 0.1) is 5.41 Å². The second kappa shape index (κ2) is 10.1. The predicted molar refractivity (Wildman–Crippen MR) is 145 cm³/mol. The molecule has 38 heavy (non-hydrogen) atoms. The van der Waals surface area contributed by atoms with Crippen molar-refractivity contribution in [3.8, 4) is 11.5 Å². The van der Waals surface area contributed by atoms with Crippen molar-refractivity contribution in [1.82, 2.24) is 15.0 Å². The summed E-state index contributed by atoms with van der Waals surface area (Å²) in [7, 11) is 1.35. The normalized spacial score (nSPS) is 18.0. The van der Waals surface area contributed by atoms with Crippen LogP contribution in [0.2, 0.25) is 5.02 Å². The third kappa shape index (κ3) is 4.34. The van der Waals surface area contributed by atoms with E-state index in [2.05, 4.69) is 44.1 Å². The molecule has 1 spiro atoms. The summed E-state index contributed by atoms with van der Waals surface area (Å²) in [6.45, 7) is 1.47. The maximum atomic E-state index is 12.8. The minimum absolute atomic E-state index is 0.0164. The molecule has 1 aliphatic carbocycles. The summed E-state index contributed by atoms with van der Waals surface area (Å²) in [5.41, 5.74) is 10.2. The highest BCUT2D eigenvalue weighted by Crippen LogP contribution is 2.51. The van der Waals surface area contributed by atoms with E-state index in [0.29, 0.717) is 27.3 Å². The van der Waals surface area contributed by atoms with Crippen LogP contribution in [0.4, 0.5) is 5.82 Å². The largest absolute Gasteiger partial charge is 0.464 e. The molecular weight excluding hydrogens is 522 g/mol. The fourth-order valence-corrected chi connectivity index (χ4v) is 6.71. The number of fused-ring (bicyclic) bond motifs is 1. The number of carbonyl (C=O) groups is 1. The zero-order chi connectivity index (χ0) is 26.3. The molecule has 0 bridgehead atoms. The Bertz CT molecular complexity index is 1490. The van der Waals surface area contributed by atoms with Crippen LogP contribution < -0.4 is 10.6 Å². The lowest BCUT2D eigenvalue weighted by molar-refractivity contribution is 0.0593. The minimum atomic E-state index is -0.528. The molecule has 1 atom stereocenters. The second-order valence-corrected chi connectivity index (χ2v) is 11.1. The molecule has 0 amide bonds. The molecule has 0 saturated carbocycles. The van der Waals surface area contributed by atoms with Gasteiger partial charge in [0.1, 0.15) is 11.3 Å². The van der Waals surface area contributed by atoms with Gasteiger partial charge in [-0.3, -0.25) is 0 Å². The fraction of sp³-hybridized carbons (Fsp3) is 0.286. The maximum absolute atomic E-state index is 12.8. The quantitative estimate of drug-likeness (QED) is 0.321. The number of hydrogen-bond donors (Lipinski definition) is 1. The Hall–Kier alpha value is -3.40. The Kier molecular flexibility index (Phi) is 6.59. The maximum Gasteiger partial charge on any atom is 0.360 e. The van der Waals surface area contributed by atoms with E-state index in [1.165, 1.54) is 36.3 Å². The van der Waals surface area contributed by atoms with Gasteiger partial charge in [0.2, 0.25) is 5.89 Å². The van der Waals surface area contributed by atoms with Gasteiger partial charge in [-0.25, -0.2) is 19.7 Å². The number of carbonyl (C=O) groups excluding carboxylic acids is 1. The van der Waals surface area contributed by atoms with Gasteiger partial charge in [0.05, 0.1) is 30.1 Å². The summed E-state index contributed by atoms with van der Waals surface area (Å²) >= 11 is 7.97. The van der Waals surface area contributed by atoms with Crippen LogP contribution in [0.5, 0.6) is 0 Å². The number of piperidine rings is 1. The van der Waals surface area contributed by atoms with Gasteiger partial charge in [-0.1, -0.05) is 53.7 Å². The number of anilines is 1. The molecule has 2 aromatic carbocycles. The molecule has 0 unspecified atom stereocenters. The molecule has 2 aromatic heterocycles. The molecule has 0 radical (unpaired) electrons. The standard InChI is InChI=1S/C28H26ClN5O3S/c1-36-27(35)23-25(34-12-9-28(10-13-34)15-17-5-2-3-6-18(17)24(28)30)32-16-21(33-23)38-20-8-4-7-19(22(20)29)26-31-11-14-37-26/h2-8,11,14,16,24H,9-10,12-13,15,30H2,1H3/t24-/m1/s1. The van der Waals surface area contributed by atoms with Gasteiger partial charge in [0.25, 0.3) is 0 Å². The third-order valence-electron chi connectivity index (χ3n) is 7.60. The van der Waals surface area contributed by atoms with E-state index in [9.17, 15) is 4.79 Å². The first-order valence-corrected chi connectivity index (χ1v) is 13.6. The molecule has 8 nitrogen and oxygen atoms in total. The summed E-state index contributed by atoms with van der Waals surface area (Å²) in [6.07, 6.45) is 7.54. The highest BCUT2D eigenvalue weighted by Gasteiger charge is 2.46. The van der Waals surface area contributed by atoms with Crippen LogP contribution in [0.3, 0.4) is 0 Å². The monoisotopic (exact) mass is 547 g/mol. The summed E-state index contributed by atoms with van der Waals surface area (Å²) in [5.74, 6) is 0.432. The van der Waals surface area contributed by atoms with Gasteiger partial charge < -0.3 is 19.8 Å². The van der Waals surface area contributed by atoms with Crippen molar-refractivity contribution in [3.05, 3.63) is 83.0 Å². The van der Waals surface area contributed by atoms with Crippen molar-refractivity contribution in [3.63, 3.8) is 0 Å². The zero-order valence-electron chi connectivity index (χ0n) is 20.8. The second-order valence-electron chi connectivity index (χ2n) is 9.63. The van der Waals surface area contributed by atoms with Gasteiger partial charge in [-0.05, 0) is 47.9 Å². The Labute approximate surface area is 229 Å². The van der Waals surface area contributed by atoms with Crippen LogP contribution in [-0.4, -0.2) is 41.1 Å². The number of benzene rings is 2. The van der Waals surface area contributed by atoms with E-state index >= 15 is 0 Å². The Balaban J connectivity index is 1.24. The third-order valence-corrected chi connectivity index (χ3v) is 9.09. The number of rotatable bonds is 5. The summed E-state index contributed by atoms with van der Waals surface area (Å²) in [5, 5.41) is 1.02.